The molecule has 0 spiro atoms. The van der Waals surface area contributed by atoms with E-state index in [0.29, 0.717) is 36.3 Å². The van der Waals surface area contributed by atoms with Crippen molar-refractivity contribution in [1.29, 1.82) is 0 Å². The summed E-state index contributed by atoms with van der Waals surface area (Å²) in [6.45, 7) is 5.06. The molecule has 1 amide bonds. The van der Waals surface area contributed by atoms with Crippen molar-refractivity contribution in [2.75, 3.05) is 20.3 Å². The van der Waals surface area contributed by atoms with Crippen molar-refractivity contribution in [2.45, 2.75) is 25.5 Å². The molecule has 2 aromatic carbocycles. The first kappa shape index (κ1) is 21.7. The first-order chi connectivity index (χ1) is 14.6. The van der Waals surface area contributed by atoms with Gasteiger partial charge in [0.05, 0.1) is 31.8 Å². The minimum atomic E-state index is -0.234. The summed E-state index contributed by atoms with van der Waals surface area (Å²) in [6, 6.07) is 13.3. The predicted molar refractivity (Wildman–Crippen MR) is 120 cm³/mol. The van der Waals surface area contributed by atoms with Gasteiger partial charge in [0.2, 0.25) is 5.91 Å². The van der Waals surface area contributed by atoms with Crippen molar-refractivity contribution in [3.05, 3.63) is 53.6 Å². The van der Waals surface area contributed by atoms with Gasteiger partial charge in [0, 0.05) is 0 Å². The molecule has 0 bridgehead atoms. The predicted octanol–water partition coefficient (Wildman–Crippen LogP) is 3.66. The number of ether oxygens (including phenoxy) is 3. The first-order valence-electron chi connectivity index (χ1n) is 9.74. The molecular weight excluding hydrogens is 402 g/mol. The van der Waals surface area contributed by atoms with Gasteiger partial charge in [-0.3, -0.25) is 4.79 Å². The zero-order valence-electron chi connectivity index (χ0n) is 17.3. The number of nitrogens with zero attached hydrogens (tertiary/aromatic N) is 2. The Morgan fingerprint density at radius 3 is 2.53 bits per heavy atom. The Hall–Kier alpha value is -3.00. The molecule has 158 valence electrons. The van der Waals surface area contributed by atoms with Crippen molar-refractivity contribution in [3.63, 3.8) is 0 Å². The third-order valence-electron chi connectivity index (χ3n) is 4.27. The largest absolute Gasteiger partial charge is 0.494 e. The highest BCUT2D eigenvalue weighted by molar-refractivity contribution is 8.15. The number of thioether (sulfide) groups is 1. The van der Waals surface area contributed by atoms with E-state index in [1.54, 1.807) is 13.3 Å². The van der Waals surface area contributed by atoms with Crippen molar-refractivity contribution < 1.29 is 19.0 Å². The van der Waals surface area contributed by atoms with Gasteiger partial charge in [-0.2, -0.15) is 5.10 Å². The van der Waals surface area contributed by atoms with Crippen LogP contribution in [0.1, 0.15) is 25.0 Å². The maximum absolute atomic E-state index is 12.3. The van der Waals surface area contributed by atoms with E-state index >= 15 is 0 Å². The molecule has 30 heavy (non-hydrogen) atoms. The first-order valence-corrected chi connectivity index (χ1v) is 10.6. The third kappa shape index (κ3) is 5.76. The molecule has 1 aliphatic rings. The second-order valence-electron chi connectivity index (χ2n) is 6.37. The Morgan fingerprint density at radius 2 is 1.83 bits per heavy atom. The number of hydrogen-bond acceptors (Lipinski definition) is 7. The highest BCUT2D eigenvalue weighted by Crippen LogP contribution is 2.28. The standard InChI is InChI=1S/C22H25N3O4S/c1-4-28-17-9-6-15(7-10-17)13-20-21(26)24-22(30-20)25-23-14-16-8-11-18(29-5-2)19(12-16)27-3/h6-12,14,20H,4-5,13H2,1-3H3,(H,24,25,26)/b23-14+. The lowest BCUT2D eigenvalue weighted by Gasteiger charge is -2.09. The lowest BCUT2D eigenvalue weighted by molar-refractivity contribution is -0.118. The molecule has 7 nitrogen and oxygen atoms in total. The normalized spacial score (nSPS) is 17.4. The minimum absolute atomic E-state index is 0.0643. The molecular formula is C22H25N3O4S. The molecule has 2 aromatic rings. The molecule has 0 aromatic heterocycles. The second kappa shape index (κ2) is 10.7. The van der Waals surface area contributed by atoms with Crippen LogP contribution in [0, 0.1) is 0 Å². The van der Waals surface area contributed by atoms with E-state index in [9.17, 15) is 4.79 Å². The van der Waals surface area contributed by atoms with E-state index in [2.05, 4.69) is 15.5 Å². The number of methoxy groups -OCH3 is 1. The zero-order chi connectivity index (χ0) is 21.3. The summed E-state index contributed by atoms with van der Waals surface area (Å²) >= 11 is 1.38. The average molecular weight is 428 g/mol. The fourth-order valence-corrected chi connectivity index (χ4v) is 3.84. The molecule has 3 rings (SSSR count). The van der Waals surface area contributed by atoms with Gasteiger partial charge in [-0.1, -0.05) is 23.9 Å². The number of amidine groups is 1. The topological polar surface area (TPSA) is 81.5 Å². The van der Waals surface area contributed by atoms with E-state index < -0.39 is 0 Å². The summed E-state index contributed by atoms with van der Waals surface area (Å²) in [4.78, 5) is 12.3. The van der Waals surface area contributed by atoms with Gasteiger partial charge in [0.1, 0.15) is 5.75 Å². The van der Waals surface area contributed by atoms with Gasteiger partial charge >= 0.3 is 0 Å². The molecule has 1 saturated heterocycles. The Labute approximate surface area is 180 Å². The minimum Gasteiger partial charge on any atom is -0.494 e. The summed E-state index contributed by atoms with van der Waals surface area (Å²) in [6.07, 6.45) is 2.22. The van der Waals surface area contributed by atoms with Crippen molar-refractivity contribution in [1.82, 2.24) is 5.32 Å². The average Bonchev–Trinajstić information content (AvgIpc) is 3.10. The summed E-state index contributed by atoms with van der Waals surface area (Å²) in [7, 11) is 1.59. The van der Waals surface area contributed by atoms with Gasteiger partial charge in [0.15, 0.2) is 16.7 Å². The second-order valence-corrected chi connectivity index (χ2v) is 7.56. The van der Waals surface area contributed by atoms with Crippen LogP contribution in [0.4, 0.5) is 0 Å². The Kier molecular flexibility index (Phi) is 7.73. The maximum Gasteiger partial charge on any atom is 0.239 e. The Balaban J connectivity index is 1.60. The highest BCUT2D eigenvalue weighted by atomic mass is 32.2. The maximum atomic E-state index is 12.3. The fraction of sp³-hybridized carbons (Fsp3) is 0.318. The van der Waals surface area contributed by atoms with Crippen LogP contribution in [0.2, 0.25) is 0 Å². The molecule has 1 fully saturated rings. The molecule has 1 N–H and O–H groups in total. The fourth-order valence-electron chi connectivity index (χ4n) is 2.88. The van der Waals surface area contributed by atoms with Crippen LogP contribution in [0.3, 0.4) is 0 Å². The number of nitrogens with one attached hydrogen (secondary N) is 1. The summed E-state index contributed by atoms with van der Waals surface area (Å²) < 4.78 is 16.3. The monoisotopic (exact) mass is 427 g/mol. The molecule has 0 radical (unpaired) electrons. The van der Waals surface area contributed by atoms with Gasteiger partial charge in [-0.25, -0.2) is 0 Å². The molecule has 0 aliphatic carbocycles. The summed E-state index contributed by atoms with van der Waals surface area (Å²) in [5, 5.41) is 11.3. The van der Waals surface area contributed by atoms with Crippen LogP contribution in [0.25, 0.3) is 0 Å². The Morgan fingerprint density at radius 1 is 1.07 bits per heavy atom. The Bertz CT molecular complexity index is 928. The summed E-state index contributed by atoms with van der Waals surface area (Å²) in [5.74, 6) is 2.07. The quantitative estimate of drug-likeness (QED) is 0.488. The van der Waals surface area contributed by atoms with E-state index in [-0.39, 0.29) is 11.2 Å². The lowest BCUT2D eigenvalue weighted by Crippen LogP contribution is -2.25. The van der Waals surface area contributed by atoms with E-state index in [1.165, 1.54) is 11.8 Å². The zero-order valence-corrected chi connectivity index (χ0v) is 18.1. The molecule has 1 atom stereocenters. The van der Waals surface area contributed by atoms with Crippen molar-refractivity contribution in [3.8, 4) is 17.2 Å². The number of hydrogen-bond donors (Lipinski definition) is 1. The van der Waals surface area contributed by atoms with Gasteiger partial charge in [-0.15, -0.1) is 5.10 Å². The molecule has 1 unspecified atom stereocenters. The smallest absolute Gasteiger partial charge is 0.239 e. The lowest BCUT2D eigenvalue weighted by atomic mass is 10.1. The SMILES string of the molecule is CCOc1ccc(CC2S/C(=N/N=C/c3ccc(OCC)c(OC)c3)NC2=O)cc1. The number of rotatable bonds is 9. The summed E-state index contributed by atoms with van der Waals surface area (Å²) in [5.41, 5.74) is 1.89. The molecule has 0 saturated carbocycles. The van der Waals surface area contributed by atoms with Crippen LogP contribution in [0.15, 0.2) is 52.7 Å². The number of benzene rings is 2. The van der Waals surface area contributed by atoms with E-state index in [4.69, 9.17) is 14.2 Å². The number of amides is 1. The van der Waals surface area contributed by atoms with Crippen LogP contribution in [-0.4, -0.2) is 42.9 Å². The molecule has 8 heteroatoms. The highest BCUT2D eigenvalue weighted by Gasteiger charge is 2.30. The van der Waals surface area contributed by atoms with Crippen LogP contribution >= 0.6 is 11.8 Å². The molecule has 1 aliphatic heterocycles. The number of carbonyl (C=O) groups is 1. The van der Waals surface area contributed by atoms with E-state index in [1.807, 2.05) is 56.3 Å². The molecule has 1 heterocycles. The van der Waals surface area contributed by atoms with Crippen LogP contribution in [-0.2, 0) is 11.2 Å². The number of carbonyl (C=O) groups excluding carboxylic acids is 1. The van der Waals surface area contributed by atoms with Crippen molar-refractivity contribution >= 4 is 29.1 Å². The van der Waals surface area contributed by atoms with Crippen molar-refractivity contribution in [2.24, 2.45) is 10.2 Å². The van der Waals surface area contributed by atoms with Crippen LogP contribution in [0.5, 0.6) is 17.2 Å². The third-order valence-corrected chi connectivity index (χ3v) is 5.35. The van der Waals surface area contributed by atoms with Gasteiger partial charge in [-0.05, 0) is 61.7 Å². The van der Waals surface area contributed by atoms with Gasteiger partial charge < -0.3 is 19.5 Å². The van der Waals surface area contributed by atoms with Crippen LogP contribution < -0.4 is 19.5 Å². The van der Waals surface area contributed by atoms with Gasteiger partial charge in [0.25, 0.3) is 0 Å². The van der Waals surface area contributed by atoms with E-state index in [0.717, 1.165) is 16.9 Å².